The van der Waals surface area contributed by atoms with Crippen molar-refractivity contribution >= 4 is 29.6 Å². The third-order valence-electron chi connectivity index (χ3n) is 5.47. The van der Waals surface area contributed by atoms with E-state index in [1.165, 1.54) is 6.08 Å². The number of hydrogen-bond donors (Lipinski definition) is 2. The zero-order chi connectivity index (χ0) is 23.3. The van der Waals surface area contributed by atoms with Crippen LogP contribution in [0.5, 0.6) is 5.75 Å². The summed E-state index contributed by atoms with van der Waals surface area (Å²) in [6.45, 7) is 0. The van der Waals surface area contributed by atoms with Crippen LogP contribution in [0.4, 0.5) is 11.9 Å². The number of hydrogen-bond acceptors (Lipinski definition) is 5. The van der Waals surface area contributed by atoms with Gasteiger partial charge in [0, 0.05) is 11.8 Å². The molecule has 0 spiro atoms. The van der Waals surface area contributed by atoms with Gasteiger partial charge in [-0.15, -0.1) is 5.10 Å². The van der Waals surface area contributed by atoms with Crippen LogP contribution >= 0.6 is 0 Å². The minimum Gasteiger partial charge on any atom is -0.497 e. The fraction of sp³-hybridized carbons (Fsp3) is 0.0741. The van der Waals surface area contributed by atoms with Crippen LogP contribution in [0.15, 0.2) is 97.1 Å². The Bertz CT molecular complexity index is 1340. The Kier molecular flexibility index (Phi) is 5.90. The van der Waals surface area contributed by atoms with Gasteiger partial charge >= 0.3 is 0 Å². The minimum atomic E-state index is -0.314. The molecule has 1 aromatic heterocycles. The van der Waals surface area contributed by atoms with Crippen molar-refractivity contribution in [1.82, 2.24) is 14.8 Å². The van der Waals surface area contributed by atoms with Gasteiger partial charge in [0.25, 0.3) is 11.9 Å². The smallest absolute Gasteiger partial charge is 0.250 e. The number of methoxy groups -OCH3 is 1. The van der Waals surface area contributed by atoms with E-state index in [1.807, 2.05) is 72.8 Å². The van der Waals surface area contributed by atoms with Gasteiger partial charge in [-0.05, 0) is 41.0 Å². The molecule has 2 N–H and O–H groups in total. The topological polar surface area (TPSA) is 81.1 Å². The lowest BCUT2D eigenvalue weighted by atomic mass is 10.0. The molecule has 1 unspecified atom stereocenters. The van der Waals surface area contributed by atoms with E-state index >= 15 is 0 Å². The number of allylic oxidation sites excluding steroid dienone is 1. The zero-order valence-electron chi connectivity index (χ0n) is 18.6. The first-order valence-electron chi connectivity index (χ1n) is 10.9. The second kappa shape index (κ2) is 9.46. The summed E-state index contributed by atoms with van der Waals surface area (Å²) in [4.78, 5) is 17.1. The van der Waals surface area contributed by atoms with Crippen LogP contribution in [0.25, 0.3) is 11.8 Å². The fourth-order valence-electron chi connectivity index (χ4n) is 3.76. The van der Waals surface area contributed by atoms with Crippen molar-refractivity contribution in [3.05, 3.63) is 114 Å². The Hall–Kier alpha value is -4.65. The first-order valence-corrected chi connectivity index (χ1v) is 10.9. The molecule has 1 amide bonds. The highest BCUT2D eigenvalue weighted by molar-refractivity contribution is 6.01. The van der Waals surface area contributed by atoms with Gasteiger partial charge < -0.3 is 10.1 Å². The quantitative estimate of drug-likeness (QED) is 0.405. The average molecular weight is 450 g/mol. The van der Waals surface area contributed by atoms with E-state index in [-0.39, 0.29) is 17.9 Å². The molecule has 0 bridgehead atoms. The summed E-state index contributed by atoms with van der Waals surface area (Å²) in [6, 6.07) is 27.4. The summed E-state index contributed by atoms with van der Waals surface area (Å²) in [7, 11) is 1.62. The molecule has 0 radical (unpaired) electrons. The van der Waals surface area contributed by atoms with Gasteiger partial charge in [0.1, 0.15) is 11.8 Å². The summed E-state index contributed by atoms with van der Waals surface area (Å²) >= 11 is 0. The predicted molar refractivity (Wildman–Crippen MR) is 133 cm³/mol. The molecule has 0 aliphatic carbocycles. The van der Waals surface area contributed by atoms with Gasteiger partial charge in [0.05, 0.1) is 7.11 Å². The summed E-state index contributed by atoms with van der Waals surface area (Å²) in [6.07, 6.45) is 5.30. The van der Waals surface area contributed by atoms with Gasteiger partial charge in [-0.2, -0.15) is 4.98 Å². The minimum absolute atomic E-state index is 0.166. The van der Waals surface area contributed by atoms with E-state index in [2.05, 4.69) is 38.9 Å². The van der Waals surface area contributed by atoms with Crippen molar-refractivity contribution in [2.24, 2.45) is 0 Å². The van der Waals surface area contributed by atoms with Crippen molar-refractivity contribution in [2.75, 3.05) is 17.7 Å². The number of rotatable bonds is 6. The van der Waals surface area contributed by atoms with Crippen LogP contribution in [0, 0.1) is 0 Å². The van der Waals surface area contributed by atoms with E-state index < -0.39 is 0 Å². The third-order valence-corrected chi connectivity index (χ3v) is 5.47. The molecule has 5 rings (SSSR count). The molecule has 34 heavy (non-hydrogen) atoms. The maximum atomic E-state index is 12.5. The van der Waals surface area contributed by atoms with Crippen LogP contribution in [0.1, 0.15) is 22.7 Å². The number of carbonyl (C=O) groups excluding carboxylic acids is 1. The largest absolute Gasteiger partial charge is 0.497 e. The molecule has 2 heterocycles. The highest BCUT2D eigenvalue weighted by Gasteiger charge is 2.25. The molecule has 168 valence electrons. The molecule has 7 nitrogen and oxygen atoms in total. The van der Waals surface area contributed by atoms with E-state index in [0.717, 1.165) is 28.1 Å². The average Bonchev–Trinajstić information content (AvgIpc) is 3.30. The summed E-state index contributed by atoms with van der Waals surface area (Å²) in [5, 5.41) is 10.7. The van der Waals surface area contributed by atoms with Gasteiger partial charge in [0.2, 0.25) is 5.95 Å². The fourth-order valence-corrected chi connectivity index (χ4v) is 3.76. The SMILES string of the molecule is COc1ccc(C=CC(=O)Nc2nc3n(n2)C(c2ccccc2)C=C(c2ccccc2)N3)cc1. The molecule has 0 saturated carbocycles. The number of aromatic nitrogens is 3. The molecule has 1 aliphatic rings. The predicted octanol–water partition coefficient (Wildman–Crippen LogP) is 4.99. The Morgan fingerprint density at radius 1 is 1.00 bits per heavy atom. The van der Waals surface area contributed by atoms with Crippen molar-refractivity contribution < 1.29 is 9.53 Å². The summed E-state index contributed by atoms with van der Waals surface area (Å²) < 4.78 is 6.94. The van der Waals surface area contributed by atoms with Crippen LogP contribution in [0.3, 0.4) is 0 Å². The molecule has 0 saturated heterocycles. The van der Waals surface area contributed by atoms with Gasteiger partial charge in [-0.1, -0.05) is 72.8 Å². The number of anilines is 2. The standard InChI is InChI=1S/C27H23N5O2/c1-34-22-15-12-19(13-16-22)14-17-25(33)29-26-30-27-28-23(20-8-4-2-5-9-20)18-24(32(27)31-26)21-10-6-3-7-11-21/h2-18,24H,1H3,(H2,28,29,30,31,33). The van der Waals surface area contributed by atoms with Crippen molar-refractivity contribution in [1.29, 1.82) is 0 Å². The summed E-state index contributed by atoms with van der Waals surface area (Å²) in [5.74, 6) is 1.24. The van der Waals surface area contributed by atoms with Crippen LogP contribution in [-0.2, 0) is 4.79 Å². The first kappa shape index (κ1) is 21.2. The molecular weight excluding hydrogens is 426 g/mol. The highest BCUT2D eigenvalue weighted by atomic mass is 16.5. The Morgan fingerprint density at radius 2 is 1.71 bits per heavy atom. The van der Waals surface area contributed by atoms with Gasteiger partial charge in [-0.25, -0.2) is 4.68 Å². The number of benzene rings is 3. The van der Waals surface area contributed by atoms with E-state index in [4.69, 9.17) is 4.74 Å². The number of ether oxygens (including phenoxy) is 1. The maximum absolute atomic E-state index is 12.5. The Morgan fingerprint density at radius 3 is 2.41 bits per heavy atom. The third kappa shape index (κ3) is 4.59. The van der Waals surface area contributed by atoms with Crippen LogP contribution < -0.4 is 15.4 Å². The maximum Gasteiger partial charge on any atom is 0.250 e. The van der Waals surface area contributed by atoms with E-state index in [0.29, 0.717) is 5.95 Å². The van der Waals surface area contributed by atoms with Crippen molar-refractivity contribution in [2.45, 2.75) is 6.04 Å². The van der Waals surface area contributed by atoms with Gasteiger partial charge in [-0.3, -0.25) is 10.1 Å². The lowest BCUT2D eigenvalue weighted by Gasteiger charge is -2.24. The molecule has 4 aromatic rings. The van der Waals surface area contributed by atoms with Crippen LogP contribution in [0.2, 0.25) is 0 Å². The molecule has 1 aliphatic heterocycles. The monoisotopic (exact) mass is 449 g/mol. The van der Waals surface area contributed by atoms with Crippen LogP contribution in [-0.4, -0.2) is 27.8 Å². The molecule has 1 atom stereocenters. The molecule has 3 aromatic carbocycles. The number of nitrogens with zero attached hydrogens (tertiary/aromatic N) is 3. The van der Waals surface area contributed by atoms with Crippen molar-refractivity contribution in [3.8, 4) is 5.75 Å². The Balaban J connectivity index is 1.39. The summed E-state index contributed by atoms with van der Waals surface area (Å²) in [5.41, 5.74) is 3.94. The van der Waals surface area contributed by atoms with E-state index in [9.17, 15) is 4.79 Å². The number of nitrogens with one attached hydrogen (secondary N) is 2. The zero-order valence-corrected chi connectivity index (χ0v) is 18.6. The Labute approximate surface area is 197 Å². The van der Waals surface area contributed by atoms with E-state index in [1.54, 1.807) is 17.9 Å². The van der Waals surface area contributed by atoms with Gasteiger partial charge in [0.15, 0.2) is 0 Å². The molecule has 7 heteroatoms. The number of carbonyl (C=O) groups is 1. The van der Waals surface area contributed by atoms with Crippen molar-refractivity contribution in [3.63, 3.8) is 0 Å². The second-order valence-corrected chi connectivity index (χ2v) is 7.73. The second-order valence-electron chi connectivity index (χ2n) is 7.73. The number of amides is 1. The first-order chi connectivity index (χ1) is 16.7. The number of fused-ring (bicyclic) bond motifs is 1. The lowest BCUT2D eigenvalue weighted by molar-refractivity contribution is -0.111. The molecular formula is C27H23N5O2. The highest BCUT2D eigenvalue weighted by Crippen LogP contribution is 2.33. The normalized spacial score (nSPS) is 14.7. The molecule has 0 fully saturated rings. The lowest BCUT2D eigenvalue weighted by Crippen LogP contribution is -2.20.